The number of fused-ring (bicyclic) bond motifs is 1. The largest absolute Gasteiger partial charge is 0.481 e. The highest BCUT2D eigenvalue weighted by atomic mass is 16.4. The maximum atomic E-state index is 13.3. The summed E-state index contributed by atoms with van der Waals surface area (Å²) in [6.45, 7) is 0.839. The fourth-order valence-corrected chi connectivity index (χ4v) is 3.64. The first-order valence-corrected chi connectivity index (χ1v) is 9.11. The van der Waals surface area contributed by atoms with Gasteiger partial charge < -0.3 is 10.0 Å². The van der Waals surface area contributed by atoms with Crippen molar-refractivity contribution >= 4 is 22.8 Å². The lowest BCUT2D eigenvalue weighted by atomic mass is 9.96. The second-order valence-electron chi connectivity index (χ2n) is 6.87. The summed E-state index contributed by atoms with van der Waals surface area (Å²) in [4.78, 5) is 31.0. The maximum absolute atomic E-state index is 13.3. The number of carbonyl (C=O) groups is 2. The lowest BCUT2D eigenvalue weighted by Gasteiger charge is -2.31. The van der Waals surface area contributed by atoms with Crippen LogP contribution in [0.2, 0.25) is 0 Å². The van der Waals surface area contributed by atoms with Crippen molar-refractivity contribution in [3.63, 3.8) is 0 Å². The molecule has 2 aromatic carbocycles. The molecule has 0 spiro atoms. The number of benzene rings is 2. The van der Waals surface area contributed by atoms with Crippen LogP contribution in [0.3, 0.4) is 0 Å². The molecule has 3 aromatic rings. The Morgan fingerprint density at radius 3 is 2.56 bits per heavy atom. The van der Waals surface area contributed by atoms with Gasteiger partial charge in [0.2, 0.25) is 0 Å². The number of carboxylic acid groups (broad SMARTS) is 1. The van der Waals surface area contributed by atoms with E-state index >= 15 is 0 Å². The van der Waals surface area contributed by atoms with Crippen LogP contribution in [0.1, 0.15) is 23.2 Å². The summed E-state index contributed by atoms with van der Waals surface area (Å²) in [5.41, 5.74) is 3.02. The first kappa shape index (κ1) is 17.2. The number of carbonyl (C=O) groups excluding carboxylic acids is 1. The molecule has 4 rings (SSSR count). The Morgan fingerprint density at radius 2 is 1.78 bits per heavy atom. The number of amides is 1. The van der Waals surface area contributed by atoms with E-state index in [9.17, 15) is 14.7 Å². The van der Waals surface area contributed by atoms with E-state index in [4.69, 9.17) is 4.98 Å². The molecule has 2 heterocycles. The lowest BCUT2D eigenvalue weighted by molar-refractivity contribution is -0.143. The van der Waals surface area contributed by atoms with E-state index < -0.39 is 11.9 Å². The van der Waals surface area contributed by atoms with Gasteiger partial charge in [0, 0.05) is 24.0 Å². The highest BCUT2D eigenvalue weighted by molar-refractivity contribution is 6.07. The van der Waals surface area contributed by atoms with Gasteiger partial charge in [0.1, 0.15) is 0 Å². The van der Waals surface area contributed by atoms with Crippen LogP contribution < -0.4 is 0 Å². The standard InChI is InChI=1S/C22H20N2O3/c25-21(24-12-6-9-16(14-24)22(26)27)18-13-20(15-7-2-1-3-8-15)23-19-11-5-4-10-17(18)19/h1-5,7-8,10-11,13,16H,6,9,12,14H2,(H,26,27). The summed E-state index contributed by atoms with van der Waals surface area (Å²) in [6, 6.07) is 19.2. The van der Waals surface area contributed by atoms with Crippen molar-refractivity contribution in [1.29, 1.82) is 0 Å². The normalized spacial score (nSPS) is 17.0. The third-order valence-electron chi connectivity index (χ3n) is 5.07. The average Bonchev–Trinajstić information content (AvgIpc) is 2.73. The van der Waals surface area contributed by atoms with Gasteiger partial charge in [0.25, 0.3) is 5.91 Å². The van der Waals surface area contributed by atoms with Gasteiger partial charge >= 0.3 is 5.97 Å². The molecule has 1 saturated heterocycles. The number of piperidine rings is 1. The van der Waals surface area contributed by atoms with Gasteiger partial charge in [0.05, 0.1) is 22.7 Å². The molecular weight excluding hydrogens is 340 g/mol. The molecule has 1 fully saturated rings. The van der Waals surface area contributed by atoms with Crippen molar-refractivity contribution in [3.8, 4) is 11.3 Å². The molecule has 136 valence electrons. The fourth-order valence-electron chi connectivity index (χ4n) is 3.64. The minimum Gasteiger partial charge on any atom is -0.481 e. The second kappa shape index (κ2) is 7.19. The fraction of sp³-hybridized carbons (Fsp3) is 0.227. The molecule has 1 aromatic heterocycles. The zero-order valence-corrected chi connectivity index (χ0v) is 14.8. The lowest BCUT2D eigenvalue weighted by Crippen LogP contribution is -2.42. The Balaban J connectivity index is 1.78. The number of aliphatic carboxylic acids is 1. The number of nitrogens with zero attached hydrogens (tertiary/aromatic N) is 2. The number of para-hydroxylation sites is 1. The Hall–Kier alpha value is -3.21. The third kappa shape index (κ3) is 3.40. The van der Waals surface area contributed by atoms with Gasteiger partial charge in [-0.25, -0.2) is 4.98 Å². The van der Waals surface area contributed by atoms with Crippen molar-refractivity contribution < 1.29 is 14.7 Å². The summed E-state index contributed by atoms with van der Waals surface area (Å²) in [5.74, 6) is -1.46. The van der Waals surface area contributed by atoms with Crippen molar-refractivity contribution in [1.82, 2.24) is 9.88 Å². The summed E-state index contributed by atoms with van der Waals surface area (Å²) in [7, 11) is 0. The summed E-state index contributed by atoms with van der Waals surface area (Å²) < 4.78 is 0. The predicted octanol–water partition coefficient (Wildman–Crippen LogP) is 3.84. The second-order valence-corrected chi connectivity index (χ2v) is 6.87. The van der Waals surface area contributed by atoms with Gasteiger partial charge in [-0.3, -0.25) is 9.59 Å². The minimum atomic E-state index is -0.836. The summed E-state index contributed by atoms with van der Waals surface area (Å²) in [6.07, 6.45) is 1.32. The van der Waals surface area contributed by atoms with Crippen molar-refractivity contribution in [2.24, 2.45) is 5.92 Å². The van der Waals surface area contributed by atoms with Gasteiger partial charge in [-0.1, -0.05) is 48.5 Å². The first-order valence-electron chi connectivity index (χ1n) is 9.11. The number of aromatic nitrogens is 1. The molecular formula is C22H20N2O3. The molecule has 1 aliphatic heterocycles. The monoisotopic (exact) mass is 360 g/mol. The van der Waals surface area contributed by atoms with E-state index in [0.29, 0.717) is 24.9 Å². The quantitative estimate of drug-likeness (QED) is 0.770. The highest BCUT2D eigenvalue weighted by Gasteiger charge is 2.29. The summed E-state index contributed by atoms with van der Waals surface area (Å²) >= 11 is 0. The topological polar surface area (TPSA) is 70.5 Å². The van der Waals surface area contributed by atoms with E-state index in [1.54, 1.807) is 4.90 Å². The van der Waals surface area contributed by atoms with Crippen molar-refractivity contribution in [3.05, 3.63) is 66.2 Å². The molecule has 5 nitrogen and oxygen atoms in total. The van der Waals surface area contributed by atoms with E-state index in [-0.39, 0.29) is 12.5 Å². The summed E-state index contributed by atoms with van der Waals surface area (Å²) in [5, 5.41) is 10.1. The van der Waals surface area contributed by atoms with E-state index in [0.717, 1.165) is 22.2 Å². The molecule has 0 bridgehead atoms. The van der Waals surface area contributed by atoms with Crippen molar-refractivity contribution in [2.75, 3.05) is 13.1 Å². The zero-order valence-electron chi connectivity index (χ0n) is 14.8. The Kier molecular flexibility index (Phi) is 4.59. The van der Waals surface area contributed by atoms with Gasteiger partial charge in [-0.15, -0.1) is 0 Å². The Bertz CT molecular complexity index is 1000. The van der Waals surface area contributed by atoms with Crippen LogP contribution >= 0.6 is 0 Å². The highest BCUT2D eigenvalue weighted by Crippen LogP contribution is 2.27. The average molecular weight is 360 g/mol. The minimum absolute atomic E-state index is 0.128. The van der Waals surface area contributed by atoms with Crippen LogP contribution in [-0.4, -0.2) is 40.0 Å². The van der Waals surface area contributed by atoms with Crippen LogP contribution in [0, 0.1) is 5.92 Å². The first-order chi connectivity index (χ1) is 13.1. The number of pyridine rings is 1. The Morgan fingerprint density at radius 1 is 1.04 bits per heavy atom. The molecule has 0 aliphatic carbocycles. The molecule has 0 saturated carbocycles. The molecule has 1 atom stereocenters. The molecule has 1 unspecified atom stereocenters. The van der Waals surface area contributed by atoms with E-state index in [2.05, 4.69) is 0 Å². The van der Waals surface area contributed by atoms with Crippen LogP contribution in [0.25, 0.3) is 22.2 Å². The smallest absolute Gasteiger partial charge is 0.308 e. The predicted molar refractivity (Wildman–Crippen MR) is 103 cm³/mol. The molecule has 1 amide bonds. The molecule has 0 radical (unpaired) electrons. The van der Waals surface area contributed by atoms with Crippen molar-refractivity contribution in [2.45, 2.75) is 12.8 Å². The molecule has 27 heavy (non-hydrogen) atoms. The van der Waals surface area contributed by atoms with Crippen LogP contribution in [0.4, 0.5) is 0 Å². The van der Waals surface area contributed by atoms with Gasteiger partial charge in [-0.05, 0) is 25.0 Å². The number of hydrogen-bond donors (Lipinski definition) is 1. The number of rotatable bonds is 3. The van der Waals surface area contributed by atoms with Gasteiger partial charge in [-0.2, -0.15) is 0 Å². The zero-order chi connectivity index (χ0) is 18.8. The Labute approximate surface area is 157 Å². The molecule has 1 N–H and O–H groups in total. The van der Waals surface area contributed by atoms with Crippen LogP contribution in [-0.2, 0) is 4.79 Å². The number of likely N-dealkylation sites (tertiary alicyclic amines) is 1. The van der Waals surface area contributed by atoms with E-state index in [1.165, 1.54) is 0 Å². The molecule has 1 aliphatic rings. The van der Waals surface area contributed by atoms with E-state index in [1.807, 2.05) is 60.7 Å². The third-order valence-corrected chi connectivity index (χ3v) is 5.07. The SMILES string of the molecule is O=C(O)C1CCCN(C(=O)c2cc(-c3ccccc3)nc3ccccc23)C1. The van der Waals surface area contributed by atoms with Gasteiger partial charge in [0.15, 0.2) is 0 Å². The number of hydrogen-bond acceptors (Lipinski definition) is 3. The maximum Gasteiger partial charge on any atom is 0.308 e. The molecule has 5 heteroatoms. The number of carboxylic acids is 1. The van der Waals surface area contributed by atoms with Crippen LogP contribution in [0.5, 0.6) is 0 Å². The van der Waals surface area contributed by atoms with Crippen LogP contribution in [0.15, 0.2) is 60.7 Å².